The fourth-order valence-corrected chi connectivity index (χ4v) is 2.17. The summed E-state index contributed by atoms with van der Waals surface area (Å²) >= 11 is 7.43. The van der Waals surface area contributed by atoms with E-state index >= 15 is 0 Å². The average molecular weight is 242 g/mol. The Kier molecular flexibility index (Phi) is 5.48. The van der Waals surface area contributed by atoms with Crippen molar-refractivity contribution in [2.75, 3.05) is 12.3 Å². The molecule has 1 atom stereocenters. The minimum absolute atomic E-state index is 0.155. The van der Waals surface area contributed by atoms with Gasteiger partial charge in [-0.1, -0.05) is 18.5 Å². The zero-order valence-electron chi connectivity index (χ0n) is 8.40. The maximum atomic E-state index is 8.83. The van der Waals surface area contributed by atoms with Crippen molar-refractivity contribution in [1.29, 1.82) is 5.26 Å². The number of rotatable bonds is 5. The summed E-state index contributed by atoms with van der Waals surface area (Å²) in [6.45, 7) is 2.76. The van der Waals surface area contributed by atoms with Crippen molar-refractivity contribution in [3.8, 4) is 6.07 Å². The molecule has 0 amide bonds. The van der Waals surface area contributed by atoms with Crippen LogP contribution in [0.25, 0.3) is 0 Å². The molecule has 3 nitrogen and oxygen atoms in total. The first-order valence-electron chi connectivity index (χ1n) is 4.64. The van der Waals surface area contributed by atoms with E-state index in [0.29, 0.717) is 10.8 Å². The minimum atomic E-state index is -0.155. The molecule has 1 rings (SSSR count). The highest BCUT2D eigenvalue weighted by Crippen LogP contribution is 2.24. The van der Waals surface area contributed by atoms with Gasteiger partial charge < -0.3 is 5.32 Å². The number of nitrogens with zero attached hydrogens (tertiary/aromatic N) is 2. The largest absolute Gasteiger partial charge is 0.302 e. The quantitative estimate of drug-likeness (QED) is 0.804. The highest BCUT2D eigenvalue weighted by Gasteiger charge is 2.08. The van der Waals surface area contributed by atoms with E-state index in [2.05, 4.69) is 16.4 Å². The SMILES string of the molecule is CCNC(C#N)CSc1ncccc1Cl. The number of nitriles is 1. The van der Waals surface area contributed by atoms with Crippen LogP contribution < -0.4 is 5.32 Å². The van der Waals surface area contributed by atoms with Gasteiger partial charge in [-0.2, -0.15) is 5.26 Å². The fourth-order valence-electron chi connectivity index (χ4n) is 1.03. The van der Waals surface area contributed by atoms with Gasteiger partial charge in [0.05, 0.1) is 11.1 Å². The Bertz CT molecular complexity index is 351. The van der Waals surface area contributed by atoms with E-state index in [9.17, 15) is 0 Å². The Morgan fingerprint density at radius 1 is 1.73 bits per heavy atom. The molecule has 0 aliphatic heterocycles. The molecule has 0 aromatic carbocycles. The Labute approximate surface area is 98.8 Å². The topological polar surface area (TPSA) is 48.7 Å². The van der Waals surface area contributed by atoms with E-state index < -0.39 is 0 Å². The molecule has 80 valence electrons. The molecule has 0 spiro atoms. The Hall–Kier alpha value is -0.760. The lowest BCUT2D eigenvalue weighted by atomic mass is 10.4. The molecule has 1 unspecified atom stereocenters. The molecule has 0 radical (unpaired) electrons. The second-order valence-electron chi connectivity index (χ2n) is 2.84. The number of hydrogen-bond donors (Lipinski definition) is 1. The normalized spacial score (nSPS) is 12.1. The summed E-state index contributed by atoms with van der Waals surface area (Å²) < 4.78 is 0. The van der Waals surface area contributed by atoms with Crippen LogP contribution in [0.2, 0.25) is 5.02 Å². The number of aromatic nitrogens is 1. The number of nitrogens with one attached hydrogen (secondary N) is 1. The summed E-state index contributed by atoms with van der Waals surface area (Å²) in [4.78, 5) is 4.14. The van der Waals surface area contributed by atoms with Gasteiger partial charge in [-0.25, -0.2) is 4.98 Å². The summed E-state index contributed by atoms with van der Waals surface area (Å²) in [6, 6.07) is 5.62. The van der Waals surface area contributed by atoms with Crippen LogP contribution >= 0.6 is 23.4 Å². The number of halogens is 1. The predicted octanol–water partition coefficient (Wildman–Crippen LogP) is 2.33. The van der Waals surface area contributed by atoms with E-state index in [0.717, 1.165) is 11.6 Å². The number of pyridine rings is 1. The Balaban J connectivity index is 2.50. The maximum absolute atomic E-state index is 8.83. The molecular formula is C10H12ClN3S. The number of hydrogen-bond acceptors (Lipinski definition) is 4. The highest BCUT2D eigenvalue weighted by molar-refractivity contribution is 7.99. The summed E-state index contributed by atoms with van der Waals surface area (Å²) in [5, 5.41) is 13.3. The lowest BCUT2D eigenvalue weighted by Gasteiger charge is -2.08. The van der Waals surface area contributed by atoms with Crippen molar-refractivity contribution in [3.05, 3.63) is 23.4 Å². The van der Waals surface area contributed by atoms with Gasteiger partial charge in [0, 0.05) is 11.9 Å². The van der Waals surface area contributed by atoms with E-state index in [1.807, 2.05) is 6.92 Å². The summed E-state index contributed by atoms with van der Waals surface area (Å²) in [5.41, 5.74) is 0. The Morgan fingerprint density at radius 2 is 2.53 bits per heavy atom. The molecule has 0 bridgehead atoms. The fraction of sp³-hybridized carbons (Fsp3) is 0.400. The van der Waals surface area contributed by atoms with E-state index in [1.54, 1.807) is 18.3 Å². The van der Waals surface area contributed by atoms with Crippen LogP contribution in [0.5, 0.6) is 0 Å². The molecule has 1 aromatic rings. The van der Waals surface area contributed by atoms with Crippen LogP contribution in [-0.2, 0) is 0 Å². The van der Waals surface area contributed by atoms with Crippen molar-refractivity contribution in [1.82, 2.24) is 10.3 Å². The van der Waals surface area contributed by atoms with Crippen LogP contribution in [0, 0.1) is 11.3 Å². The maximum Gasteiger partial charge on any atom is 0.115 e. The summed E-state index contributed by atoms with van der Waals surface area (Å²) in [5.74, 6) is 0.654. The second kappa shape index (κ2) is 6.67. The smallest absolute Gasteiger partial charge is 0.115 e. The standard InChI is InChI=1S/C10H12ClN3S/c1-2-13-8(6-12)7-15-10-9(11)4-3-5-14-10/h3-5,8,13H,2,7H2,1H3. The van der Waals surface area contributed by atoms with E-state index in [-0.39, 0.29) is 6.04 Å². The molecule has 15 heavy (non-hydrogen) atoms. The van der Waals surface area contributed by atoms with Crippen molar-refractivity contribution in [2.24, 2.45) is 0 Å². The molecule has 5 heteroatoms. The first-order valence-corrected chi connectivity index (χ1v) is 6.00. The molecule has 0 aliphatic rings. The molecule has 0 fully saturated rings. The third kappa shape index (κ3) is 4.08. The first kappa shape index (κ1) is 12.3. The predicted molar refractivity (Wildman–Crippen MR) is 63.0 cm³/mol. The summed E-state index contributed by atoms with van der Waals surface area (Å²) in [6.07, 6.45) is 1.70. The van der Waals surface area contributed by atoms with Crippen LogP contribution in [0.4, 0.5) is 0 Å². The van der Waals surface area contributed by atoms with Gasteiger partial charge in [0.15, 0.2) is 0 Å². The van der Waals surface area contributed by atoms with E-state index in [1.165, 1.54) is 11.8 Å². The van der Waals surface area contributed by atoms with Gasteiger partial charge in [-0.15, -0.1) is 11.8 Å². The molecule has 0 saturated carbocycles. The minimum Gasteiger partial charge on any atom is -0.302 e. The third-order valence-corrected chi connectivity index (χ3v) is 3.23. The Morgan fingerprint density at radius 3 is 3.13 bits per heavy atom. The van der Waals surface area contributed by atoms with Crippen LogP contribution in [-0.4, -0.2) is 23.3 Å². The van der Waals surface area contributed by atoms with Gasteiger partial charge in [-0.3, -0.25) is 0 Å². The van der Waals surface area contributed by atoms with Crippen LogP contribution in [0.1, 0.15) is 6.92 Å². The van der Waals surface area contributed by atoms with Crippen molar-refractivity contribution in [2.45, 2.75) is 18.0 Å². The van der Waals surface area contributed by atoms with Gasteiger partial charge in [0.2, 0.25) is 0 Å². The average Bonchev–Trinajstić information content (AvgIpc) is 2.26. The third-order valence-electron chi connectivity index (χ3n) is 1.72. The van der Waals surface area contributed by atoms with Crippen molar-refractivity contribution >= 4 is 23.4 Å². The van der Waals surface area contributed by atoms with Crippen molar-refractivity contribution in [3.63, 3.8) is 0 Å². The molecular weight excluding hydrogens is 230 g/mol. The second-order valence-corrected chi connectivity index (χ2v) is 4.26. The van der Waals surface area contributed by atoms with Gasteiger partial charge in [0.25, 0.3) is 0 Å². The molecule has 1 N–H and O–H groups in total. The zero-order valence-corrected chi connectivity index (χ0v) is 9.98. The van der Waals surface area contributed by atoms with Crippen LogP contribution in [0.15, 0.2) is 23.4 Å². The van der Waals surface area contributed by atoms with Gasteiger partial charge >= 0.3 is 0 Å². The lowest BCUT2D eigenvalue weighted by molar-refractivity contribution is 0.677. The van der Waals surface area contributed by atoms with E-state index in [4.69, 9.17) is 16.9 Å². The van der Waals surface area contributed by atoms with Crippen molar-refractivity contribution < 1.29 is 0 Å². The number of thioether (sulfide) groups is 1. The zero-order chi connectivity index (χ0) is 11.1. The molecule has 1 aromatic heterocycles. The van der Waals surface area contributed by atoms with Gasteiger partial charge in [-0.05, 0) is 18.7 Å². The highest BCUT2D eigenvalue weighted by atomic mass is 35.5. The monoisotopic (exact) mass is 241 g/mol. The molecule has 0 aliphatic carbocycles. The molecule has 0 saturated heterocycles. The lowest BCUT2D eigenvalue weighted by Crippen LogP contribution is -2.29. The van der Waals surface area contributed by atoms with Gasteiger partial charge in [0.1, 0.15) is 11.1 Å². The van der Waals surface area contributed by atoms with Crippen LogP contribution in [0.3, 0.4) is 0 Å². The first-order chi connectivity index (χ1) is 7.27. The summed E-state index contributed by atoms with van der Waals surface area (Å²) in [7, 11) is 0. The molecule has 1 heterocycles.